The third-order valence-electron chi connectivity index (χ3n) is 8.91. The Labute approximate surface area is 232 Å². The summed E-state index contributed by atoms with van der Waals surface area (Å²) in [4.78, 5) is 5.17. The minimum atomic E-state index is 1.04. The Morgan fingerprint density at radius 2 is 1.20 bits per heavy atom. The second-order valence-corrected chi connectivity index (χ2v) is 11.0. The van der Waals surface area contributed by atoms with E-state index in [9.17, 15) is 0 Å². The zero-order chi connectivity index (χ0) is 26.2. The van der Waals surface area contributed by atoms with Gasteiger partial charge in [-0.3, -0.25) is 0 Å². The van der Waals surface area contributed by atoms with Crippen LogP contribution in [-0.4, -0.2) is 4.98 Å². The molecule has 1 heteroatoms. The van der Waals surface area contributed by atoms with Crippen molar-refractivity contribution in [3.63, 3.8) is 0 Å². The number of hydrogen-bond acceptors (Lipinski definition) is 1. The van der Waals surface area contributed by atoms with Crippen molar-refractivity contribution in [2.75, 3.05) is 0 Å². The van der Waals surface area contributed by atoms with Gasteiger partial charge in [-0.05, 0) is 79.4 Å². The van der Waals surface area contributed by atoms with Crippen LogP contribution < -0.4 is 5.22 Å². The molecule has 0 N–H and O–H groups in total. The maximum absolute atomic E-state index is 5.17. The highest BCUT2D eigenvalue weighted by atomic mass is 14.7. The van der Waals surface area contributed by atoms with Crippen LogP contribution >= 0.6 is 0 Å². The number of rotatable bonds is 2. The van der Waals surface area contributed by atoms with E-state index in [-0.39, 0.29) is 0 Å². The van der Waals surface area contributed by atoms with Crippen LogP contribution in [0.3, 0.4) is 0 Å². The maximum atomic E-state index is 5.17. The van der Waals surface area contributed by atoms with Crippen LogP contribution in [0.5, 0.6) is 0 Å². The molecule has 0 radical (unpaired) electrons. The Bertz CT molecular complexity index is 2360. The van der Waals surface area contributed by atoms with Gasteiger partial charge in [0.25, 0.3) is 0 Å². The standard InChI is InChI=1S/C39H25N/c1-2-12-31-24(7-1)17-22-34-37(33-13-3-4-14-35(33)40-39(31)34)29-11-6-10-28(23-29)30-20-18-27-16-15-25-8-5-9-26-19-21-32(30)38(27)36(25)26/h1-17,19,21-23H,18,20H2. The lowest BCUT2D eigenvalue weighted by Crippen LogP contribution is -2.16. The van der Waals surface area contributed by atoms with E-state index in [1.807, 2.05) is 0 Å². The molecule has 1 aliphatic carbocycles. The molecule has 1 aromatic heterocycles. The average molecular weight is 508 g/mol. The number of fused-ring (bicyclic) bond motifs is 4. The summed E-state index contributed by atoms with van der Waals surface area (Å²) in [6.07, 6.45) is 2.12. The minimum absolute atomic E-state index is 1.04. The maximum Gasteiger partial charge on any atom is 0.0794 e. The van der Waals surface area contributed by atoms with Crippen LogP contribution in [0.4, 0.5) is 0 Å². The monoisotopic (exact) mass is 507 g/mol. The van der Waals surface area contributed by atoms with E-state index in [2.05, 4.69) is 127 Å². The van der Waals surface area contributed by atoms with Crippen LogP contribution in [-0.2, 0) is 6.42 Å². The molecule has 0 fully saturated rings. The van der Waals surface area contributed by atoms with E-state index >= 15 is 0 Å². The van der Waals surface area contributed by atoms with Crippen LogP contribution in [0.1, 0.15) is 17.5 Å². The molecule has 1 aliphatic rings. The fourth-order valence-electron chi connectivity index (χ4n) is 7.11. The molecule has 0 atom stereocenters. The molecule has 1 nitrogen and oxygen atoms in total. The number of aromatic nitrogens is 1. The van der Waals surface area contributed by atoms with Crippen LogP contribution in [0.15, 0.2) is 127 Å². The predicted octanol–water partition coefficient (Wildman–Crippen LogP) is 9.38. The summed E-state index contributed by atoms with van der Waals surface area (Å²) >= 11 is 0. The Balaban J connectivity index is 1.35. The molecule has 0 saturated heterocycles. The van der Waals surface area contributed by atoms with Crippen LogP contribution in [0, 0.1) is 0 Å². The van der Waals surface area contributed by atoms with Gasteiger partial charge < -0.3 is 0 Å². The lowest BCUT2D eigenvalue weighted by Gasteiger charge is -2.20. The van der Waals surface area contributed by atoms with Crippen molar-refractivity contribution in [1.29, 1.82) is 0 Å². The van der Waals surface area contributed by atoms with Gasteiger partial charge in [0.2, 0.25) is 0 Å². The lowest BCUT2D eigenvalue weighted by atomic mass is 9.84. The van der Waals surface area contributed by atoms with Gasteiger partial charge in [-0.2, -0.15) is 0 Å². The summed E-state index contributed by atoms with van der Waals surface area (Å²) in [6, 6.07) is 46.8. The van der Waals surface area contributed by atoms with Gasteiger partial charge in [0.15, 0.2) is 0 Å². The zero-order valence-electron chi connectivity index (χ0n) is 22.0. The number of aryl methyl sites for hydroxylation is 1. The number of hydrogen-bond donors (Lipinski definition) is 0. The Kier molecular flexibility index (Phi) is 4.51. The smallest absolute Gasteiger partial charge is 0.0794 e. The fraction of sp³-hybridized carbons (Fsp3) is 0.0513. The molecule has 7 aromatic carbocycles. The lowest BCUT2D eigenvalue weighted by molar-refractivity contribution is 1.01. The first-order valence-corrected chi connectivity index (χ1v) is 14.1. The first kappa shape index (κ1) is 21.9. The average Bonchev–Trinajstić information content (AvgIpc) is 3.02. The van der Waals surface area contributed by atoms with E-state index < -0.39 is 0 Å². The molecule has 0 unspecified atom stereocenters. The number of pyridine rings is 1. The third kappa shape index (κ3) is 3.06. The van der Waals surface area contributed by atoms with Gasteiger partial charge >= 0.3 is 0 Å². The van der Waals surface area contributed by atoms with Crippen molar-refractivity contribution >= 4 is 59.7 Å². The van der Waals surface area contributed by atoms with Crippen molar-refractivity contribution in [2.45, 2.75) is 12.8 Å². The SMILES string of the molecule is c1cc(C2=c3ccc4cccc5ccc(c3c54)CC2)cc(-c2c3ccccc3nc3c2ccc2ccccc23)c1. The summed E-state index contributed by atoms with van der Waals surface area (Å²) in [7, 11) is 0. The van der Waals surface area contributed by atoms with E-state index in [4.69, 9.17) is 4.98 Å². The zero-order valence-corrected chi connectivity index (χ0v) is 22.0. The van der Waals surface area contributed by atoms with Gasteiger partial charge in [-0.25, -0.2) is 4.98 Å². The summed E-state index contributed by atoms with van der Waals surface area (Å²) in [6.45, 7) is 0. The van der Waals surface area contributed by atoms with Gasteiger partial charge in [0.05, 0.1) is 11.0 Å². The molecule has 186 valence electrons. The second-order valence-electron chi connectivity index (χ2n) is 11.0. The summed E-state index contributed by atoms with van der Waals surface area (Å²) < 4.78 is 0. The van der Waals surface area contributed by atoms with E-state index in [0.717, 1.165) is 23.9 Å². The van der Waals surface area contributed by atoms with Crippen molar-refractivity contribution in [2.24, 2.45) is 0 Å². The van der Waals surface area contributed by atoms with Gasteiger partial charge in [0, 0.05) is 21.7 Å². The highest BCUT2D eigenvalue weighted by Crippen LogP contribution is 2.39. The summed E-state index contributed by atoms with van der Waals surface area (Å²) in [5.41, 5.74) is 8.84. The molecule has 40 heavy (non-hydrogen) atoms. The first-order chi connectivity index (χ1) is 19.8. The largest absolute Gasteiger partial charge is 0.247 e. The summed E-state index contributed by atoms with van der Waals surface area (Å²) in [5, 5.41) is 11.7. The molecule has 0 aliphatic heterocycles. The van der Waals surface area contributed by atoms with E-state index in [0.29, 0.717) is 0 Å². The number of benzene rings is 7. The molecule has 8 aromatic rings. The molecule has 9 rings (SSSR count). The Morgan fingerprint density at radius 3 is 2.12 bits per heavy atom. The highest BCUT2D eigenvalue weighted by Gasteiger charge is 2.18. The first-order valence-electron chi connectivity index (χ1n) is 14.1. The number of nitrogens with zero attached hydrogens (tertiary/aromatic N) is 1. The van der Waals surface area contributed by atoms with Crippen molar-refractivity contribution in [3.8, 4) is 11.1 Å². The van der Waals surface area contributed by atoms with Crippen LogP contribution in [0.2, 0.25) is 0 Å². The quantitative estimate of drug-likeness (QED) is 0.168. The molecule has 0 bridgehead atoms. The normalized spacial score (nSPS) is 13.2. The van der Waals surface area contributed by atoms with Crippen molar-refractivity contribution < 1.29 is 0 Å². The summed E-state index contributed by atoms with van der Waals surface area (Å²) in [5.74, 6) is 0. The molecule has 0 spiro atoms. The predicted molar refractivity (Wildman–Crippen MR) is 170 cm³/mol. The Hall–Kier alpha value is -5.01. The molecular weight excluding hydrogens is 482 g/mol. The van der Waals surface area contributed by atoms with Crippen molar-refractivity contribution in [3.05, 3.63) is 144 Å². The van der Waals surface area contributed by atoms with E-state index in [1.54, 1.807) is 0 Å². The Morgan fingerprint density at radius 1 is 0.475 bits per heavy atom. The highest BCUT2D eigenvalue weighted by molar-refractivity contribution is 6.17. The minimum Gasteiger partial charge on any atom is -0.247 e. The van der Waals surface area contributed by atoms with Crippen LogP contribution in [0.25, 0.3) is 70.8 Å². The molecule has 0 amide bonds. The molecular formula is C39H25N. The third-order valence-corrected chi connectivity index (χ3v) is 8.91. The fourth-order valence-corrected chi connectivity index (χ4v) is 7.11. The molecule has 0 saturated carbocycles. The van der Waals surface area contributed by atoms with Crippen molar-refractivity contribution in [1.82, 2.24) is 4.98 Å². The topological polar surface area (TPSA) is 12.9 Å². The van der Waals surface area contributed by atoms with Gasteiger partial charge in [0.1, 0.15) is 0 Å². The second kappa shape index (κ2) is 8.24. The molecule has 1 heterocycles. The van der Waals surface area contributed by atoms with E-state index in [1.165, 1.54) is 76.1 Å². The van der Waals surface area contributed by atoms with Gasteiger partial charge in [-0.15, -0.1) is 0 Å². The van der Waals surface area contributed by atoms with Gasteiger partial charge in [-0.1, -0.05) is 115 Å². The number of para-hydroxylation sites is 1.